The Hall–Kier alpha value is -2.26. The highest BCUT2D eigenvalue weighted by atomic mass is 35.5. The molecule has 0 aromatic heterocycles. The van der Waals surface area contributed by atoms with Crippen LogP contribution in [0.15, 0.2) is 48.5 Å². The number of anilines is 2. The number of fused-ring (bicyclic) bond motifs is 2. The number of aliphatic hydroxyl groups is 1. The molecular formula is C27H32ClFN2O4Si. The summed E-state index contributed by atoms with van der Waals surface area (Å²) in [6.45, 7) is 5.58. The molecular weight excluding hydrogens is 499 g/mol. The molecule has 5 atom stereocenters. The van der Waals surface area contributed by atoms with Gasteiger partial charge in [0.2, 0.25) is 14.3 Å². The maximum Gasteiger partial charge on any atom is 0.268 e. The second-order valence-corrected chi connectivity index (χ2v) is 14.9. The Morgan fingerprint density at radius 2 is 1.97 bits per heavy atom. The van der Waals surface area contributed by atoms with Crippen molar-refractivity contribution in [2.24, 2.45) is 5.92 Å². The fourth-order valence-electron chi connectivity index (χ4n) is 6.62. The van der Waals surface area contributed by atoms with E-state index in [4.69, 9.17) is 16.3 Å². The van der Waals surface area contributed by atoms with Crippen molar-refractivity contribution >= 4 is 43.2 Å². The van der Waals surface area contributed by atoms with Gasteiger partial charge >= 0.3 is 0 Å². The molecule has 1 N–H and O–H groups in total. The van der Waals surface area contributed by atoms with Crippen LogP contribution in [-0.2, 0) is 19.9 Å². The summed E-state index contributed by atoms with van der Waals surface area (Å²) in [7, 11) is -3.39. The molecule has 0 radical (unpaired) electrons. The largest absolute Gasteiger partial charge is 0.394 e. The van der Waals surface area contributed by atoms with Crippen LogP contribution in [0.25, 0.3) is 0 Å². The van der Waals surface area contributed by atoms with Gasteiger partial charge in [0.15, 0.2) is 5.60 Å². The second-order valence-electron chi connectivity index (χ2n) is 10.7. The Bertz CT molecular complexity index is 1180. The minimum atomic E-state index is -3.39. The lowest BCUT2D eigenvalue weighted by molar-refractivity contribution is -0.149. The molecule has 0 aliphatic carbocycles. The summed E-state index contributed by atoms with van der Waals surface area (Å²) in [6, 6.07) is 14.4. The smallest absolute Gasteiger partial charge is 0.268 e. The number of hydrogen-bond acceptors (Lipinski definition) is 4. The number of nitrogens with zero attached hydrogens (tertiary/aromatic N) is 2. The molecule has 2 amide bonds. The van der Waals surface area contributed by atoms with Gasteiger partial charge in [0.1, 0.15) is 0 Å². The first-order chi connectivity index (χ1) is 17.1. The lowest BCUT2D eigenvalue weighted by Crippen LogP contribution is -2.44. The van der Waals surface area contributed by atoms with Gasteiger partial charge in [0.25, 0.3) is 5.91 Å². The van der Waals surface area contributed by atoms with Crippen LogP contribution in [0, 0.1) is 5.92 Å². The van der Waals surface area contributed by atoms with Gasteiger partial charge in [0.05, 0.1) is 30.9 Å². The Kier molecular flexibility index (Phi) is 6.52. The van der Waals surface area contributed by atoms with Crippen molar-refractivity contribution in [3.63, 3.8) is 0 Å². The van der Waals surface area contributed by atoms with Crippen molar-refractivity contribution in [1.29, 1.82) is 0 Å². The maximum absolute atomic E-state index is 15.9. The van der Waals surface area contributed by atoms with E-state index >= 15 is 4.11 Å². The van der Waals surface area contributed by atoms with Crippen molar-refractivity contribution in [2.45, 2.75) is 62.6 Å². The number of aliphatic hydroxyl groups excluding tert-OH is 1. The Morgan fingerprint density at radius 3 is 2.64 bits per heavy atom. The SMILES string of the molecule is C[C@@H]1[C@@H]([Si](C)(C)F)[C@H](CC(=O)N2CCC[C@H]2CO)O[C@@]12C(=O)N(c1ccccc1)c1ccc(Cl)cc12. The lowest BCUT2D eigenvalue weighted by atomic mass is 9.82. The number of halogens is 2. The van der Waals surface area contributed by atoms with E-state index in [0.29, 0.717) is 28.5 Å². The summed E-state index contributed by atoms with van der Waals surface area (Å²) in [5.74, 6) is -0.959. The number of amides is 2. The van der Waals surface area contributed by atoms with Gasteiger partial charge in [-0.15, -0.1) is 0 Å². The van der Waals surface area contributed by atoms with Crippen LogP contribution < -0.4 is 4.90 Å². The molecule has 1 spiro atoms. The van der Waals surface area contributed by atoms with Crippen LogP contribution in [-0.4, -0.2) is 55.5 Å². The summed E-state index contributed by atoms with van der Waals surface area (Å²) in [5, 5.41) is 10.2. The molecule has 9 heteroatoms. The summed E-state index contributed by atoms with van der Waals surface area (Å²) in [5.41, 5.74) is -0.0587. The van der Waals surface area contributed by atoms with Crippen LogP contribution in [0.4, 0.5) is 15.5 Å². The van der Waals surface area contributed by atoms with Crippen molar-refractivity contribution in [3.8, 4) is 0 Å². The molecule has 3 heterocycles. The van der Waals surface area contributed by atoms with Crippen LogP contribution in [0.2, 0.25) is 23.7 Å². The van der Waals surface area contributed by atoms with Gasteiger partial charge in [0, 0.05) is 34.3 Å². The Balaban J connectivity index is 1.58. The molecule has 0 unspecified atom stereocenters. The van der Waals surface area contributed by atoms with Gasteiger partial charge < -0.3 is 18.9 Å². The first-order valence-electron chi connectivity index (χ1n) is 12.6. The van der Waals surface area contributed by atoms with Crippen molar-refractivity contribution in [3.05, 3.63) is 59.1 Å². The fraction of sp³-hybridized carbons (Fsp3) is 0.481. The number of rotatable bonds is 5. The van der Waals surface area contributed by atoms with Crippen LogP contribution in [0.3, 0.4) is 0 Å². The van der Waals surface area contributed by atoms with Crippen LogP contribution >= 0.6 is 11.6 Å². The number of carbonyl (C=O) groups excluding carboxylic acids is 2. The summed E-state index contributed by atoms with van der Waals surface area (Å²) in [4.78, 5) is 30.9. The Morgan fingerprint density at radius 1 is 1.25 bits per heavy atom. The van der Waals surface area contributed by atoms with Crippen LogP contribution in [0.1, 0.15) is 31.7 Å². The predicted octanol–water partition coefficient (Wildman–Crippen LogP) is 5.17. The molecule has 2 aromatic rings. The summed E-state index contributed by atoms with van der Waals surface area (Å²) < 4.78 is 22.6. The van der Waals surface area contributed by atoms with E-state index in [-0.39, 0.29) is 30.9 Å². The van der Waals surface area contributed by atoms with E-state index in [1.165, 1.54) is 0 Å². The van der Waals surface area contributed by atoms with Crippen LogP contribution in [0.5, 0.6) is 0 Å². The average molecular weight is 531 g/mol. The molecule has 5 rings (SSSR count). The fourth-order valence-corrected chi connectivity index (χ4v) is 9.29. The standard InChI is InChI=1S/C27H32ClFN2O4Si/c1-17-25(36(2,3)29)23(15-24(33)30-13-7-10-20(30)16-32)35-27(17)21-14-18(28)11-12-22(21)31(26(27)34)19-8-5-4-6-9-19/h4-6,8-9,11-12,14,17,20,23,25,32H,7,10,13,15-16H2,1-3H3/t17-,20+,23+,25-,27+/m1/s1. The van der Waals surface area contributed by atoms with E-state index in [1.807, 2.05) is 37.3 Å². The zero-order valence-corrected chi connectivity index (χ0v) is 22.5. The van der Waals surface area contributed by atoms with Gasteiger partial charge in [-0.2, -0.15) is 0 Å². The first kappa shape index (κ1) is 25.4. The molecule has 192 valence electrons. The molecule has 6 nitrogen and oxygen atoms in total. The van der Waals surface area contributed by atoms with Gasteiger partial charge in [-0.25, -0.2) is 0 Å². The minimum absolute atomic E-state index is 0.0257. The quantitative estimate of drug-likeness (QED) is 0.428. The van der Waals surface area contributed by atoms with Gasteiger partial charge in [-0.3, -0.25) is 14.5 Å². The number of ether oxygens (including phenoxy) is 1. The lowest BCUT2D eigenvalue weighted by Gasteiger charge is -2.31. The monoisotopic (exact) mass is 530 g/mol. The highest BCUT2D eigenvalue weighted by molar-refractivity contribution is 6.72. The van der Waals surface area contributed by atoms with Crippen molar-refractivity contribution in [2.75, 3.05) is 18.1 Å². The average Bonchev–Trinajstić information content (AvgIpc) is 3.49. The first-order valence-corrected chi connectivity index (χ1v) is 15.9. The van der Waals surface area contributed by atoms with E-state index in [2.05, 4.69) is 0 Å². The highest BCUT2D eigenvalue weighted by Gasteiger charge is 2.67. The Labute approximate surface area is 217 Å². The third-order valence-corrected chi connectivity index (χ3v) is 10.8. The predicted molar refractivity (Wildman–Crippen MR) is 140 cm³/mol. The summed E-state index contributed by atoms with van der Waals surface area (Å²) in [6.07, 6.45) is 0.788. The van der Waals surface area contributed by atoms with Gasteiger partial charge in [-0.05, 0) is 56.3 Å². The van der Waals surface area contributed by atoms with Gasteiger partial charge in [-0.1, -0.05) is 36.7 Å². The minimum Gasteiger partial charge on any atom is -0.394 e. The molecule has 2 fully saturated rings. The maximum atomic E-state index is 15.9. The zero-order valence-electron chi connectivity index (χ0n) is 20.8. The number of benzene rings is 2. The number of para-hydroxylation sites is 1. The molecule has 3 aliphatic heterocycles. The number of hydrogen-bond donors (Lipinski definition) is 1. The highest BCUT2D eigenvalue weighted by Crippen LogP contribution is 2.61. The molecule has 3 aliphatic rings. The third kappa shape index (κ3) is 3.90. The molecule has 2 aromatic carbocycles. The van der Waals surface area contributed by atoms with E-state index in [9.17, 15) is 14.7 Å². The third-order valence-electron chi connectivity index (χ3n) is 8.13. The molecule has 0 bridgehead atoms. The topological polar surface area (TPSA) is 70.1 Å². The van der Waals surface area contributed by atoms with E-state index < -0.39 is 31.6 Å². The summed E-state index contributed by atoms with van der Waals surface area (Å²) >= 11 is 6.40. The molecule has 2 saturated heterocycles. The van der Waals surface area contributed by atoms with Crippen molar-refractivity contribution < 1.29 is 23.5 Å². The normalized spacial score (nSPS) is 29.9. The zero-order chi connectivity index (χ0) is 25.8. The van der Waals surface area contributed by atoms with E-state index in [1.54, 1.807) is 41.1 Å². The molecule has 0 saturated carbocycles. The van der Waals surface area contributed by atoms with Crippen molar-refractivity contribution in [1.82, 2.24) is 4.90 Å². The number of carbonyl (C=O) groups is 2. The second kappa shape index (κ2) is 9.24. The van der Waals surface area contributed by atoms with E-state index in [0.717, 1.165) is 12.8 Å². The number of likely N-dealkylation sites (tertiary alicyclic amines) is 1. The molecule has 36 heavy (non-hydrogen) atoms.